The van der Waals surface area contributed by atoms with Gasteiger partial charge in [0.1, 0.15) is 0 Å². The van der Waals surface area contributed by atoms with Crippen molar-refractivity contribution in [1.29, 1.82) is 0 Å². The molecule has 0 amide bonds. The molecule has 0 bridgehead atoms. The van der Waals surface area contributed by atoms with Gasteiger partial charge in [-0.3, -0.25) is 4.79 Å². The molecule has 1 N–H and O–H groups in total. The minimum Gasteiger partial charge on any atom is -0.469 e. The lowest BCUT2D eigenvalue weighted by molar-refractivity contribution is -0.143. The molecule has 0 aliphatic heterocycles. The lowest BCUT2D eigenvalue weighted by Crippen LogP contribution is -2.49. The number of aliphatic hydroxyl groups is 1. The summed E-state index contributed by atoms with van der Waals surface area (Å²) in [6, 6.07) is 0. The predicted octanol–water partition coefficient (Wildman–Crippen LogP) is 1.35. The van der Waals surface area contributed by atoms with Crippen LogP contribution in [0.5, 0.6) is 0 Å². The minimum absolute atomic E-state index is 0.0198. The van der Waals surface area contributed by atoms with Crippen LogP contribution >= 0.6 is 0 Å². The number of aliphatic hydroxyl groups excluding tert-OH is 1. The molecule has 0 radical (unpaired) electrons. The summed E-state index contributed by atoms with van der Waals surface area (Å²) >= 11 is 0. The van der Waals surface area contributed by atoms with Crippen molar-refractivity contribution in [1.82, 2.24) is 0 Å². The fraction of sp³-hybridized carbons (Fsp3) is 0.900. The van der Waals surface area contributed by atoms with Crippen molar-refractivity contribution >= 4 is 5.97 Å². The maximum atomic E-state index is 10.9. The molecule has 1 aliphatic rings. The van der Waals surface area contributed by atoms with Gasteiger partial charge in [0.15, 0.2) is 0 Å². The zero-order valence-electron chi connectivity index (χ0n) is 8.54. The highest BCUT2D eigenvalue weighted by Crippen LogP contribution is 2.48. The van der Waals surface area contributed by atoms with Crippen LogP contribution in [0.25, 0.3) is 0 Å². The van der Waals surface area contributed by atoms with E-state index in [1.54, 1.807) is 0 Å². The average molecular weight is 186 g/mol. The molecule has 0 spiro atoms. The highest BCUT2D eigenvalue weighted by molar-refractivity contribution is 5.69. The summed E-state index contributed by atoms with van der Waals surface area (Å²) < 4.78 is 4.56. The third-order valence-corrected chi connectivity index (χ3v) is 3.34. The van der Waals surface area contributed by atoms with E-state index in [-0.39, 0.29) is 17.5 Å². The molecular formula is C10H18O3. The van der Waals surface area contributed by atoms with Crippen LogP contribution in [0.1, 0.15) is 33.1 Å². The summed E-state index contributed by atoms with van der Waals surface area (Å²) in [5, 5.41) is 9.45. The number of hydrogen-bond acceptors (Lipinski definition) is 3. The molecule has 0 heterocycles. The first kappa shape index (κ1) is 10.5. The molecular weight excluding hydrogens is 168 g/mol. The molecule has 0 aromatic carbocycles. The van der Waals surface area contributed by atoms with Gasteiger partial charge < -0.3 is 9.84 Å². The number of carbonyl (C=O) groups excluding carboxylic acids is 1. The Balaban J connectivity index is 2.29. The third kappa shape index (κ3) is 2.02. The fourth-order valence-corrected chi connectivity index (χ4v) is 1.87. The molecule has 0 saturated heterocycles. The number of methoxy groups -OCH3 is 1. The van der Waals surface area contributed by atoms with Gasteiger partial charge >= 0.3 is 5.97 Å². The zero-order valence-corrected chi connectivity index (χ0v) is 8.54. The lowest BCUT2D eigenvalue weighted by Gasteiger charge is -2.49. The standard InChI is InChI=1S/C10H18O3/c1-10(2)7(6-8(10)11)4-5-9(12)13-3/h7-8,11H,4-6H2,1-3H3/t7-,8+/m0/s1. The van der Waals surface area contributed by atoms with E-state index in [1.807, 2.05) is 13.8 Å². The Morgan fingerprint density at radius 1 is 1.62 bits per heavy atom. The van der Waals surface area contributed by atoms with Crippen LogP contribution in [0.2, 0.25) is 0 Å². The van der Waals surface area contributed by atoms with Gasteiger partial charge in [0.25, 0.3) is 0 Å². The number of carbonyl (C=O) groups is 1. The van der Waals surface area contributed by atoms with E-state index in [9.17, 15) is 9.90 Å². The topological polar surface area (TPSA) is 46.5 Å². The van der Waals surface area contributed by atoms with Gasteiger partial charge in [-0.05, 0) is 24.2 Å². The Kier molecular flexibility index (Phi) is 2.96. The first-order chi connectivity index (χ1) is 5.98. The Morgan fingerprint density at radius 3 is 2.62 bits per heavy atom. The monoisotopic (exact) mass is 186 g/mol. The van der Waals surface area contributed by atoms with Gasteiger partial charge in [-0.2, -0.15) is 0 Å². The molecule has 13 heavy (non-hydrogen) atoms. The van der Waals surface area contributed by atoms with E-state index in [4.69, 9.17) is 0 Å². The van der Waals surface area contributed by atoms with Crippen molar-refractivity contribution in [2.24, 2.45) is 11.3 Å². The van der Waals surface area contributed by atoms with Crippen molar-refractivity contribution in [3.05, 3.63) is 0 Å². The van der Waals surface area contributed by atoms with Crippen LogP contribution in [0, 0.1) is 11.3 Å². The SMILES string of the molecule is COC(=O)CC[C@H]1C[C@@H](O)C1(C)C. The summed E-state index contributed by atoms with van der Waals surface area (Å²) in [7, 11) is 1.41. The van der Waals surface area contributed by atoms with Crippen molar-refractivity contribution in [2.45, 2.75) is 39.2 Å². The van der Waals surface area contributed by atoms with Gasteiger partial charge in [-0.15, -0.1) is 0 Å². The van der Waals surface area contributed by atoms with Crippen LogP contribution in [0.15, 0.2) is 0 Å². The molecule has 0 aromatic rings. The number of ether oxygens (including phenoxy) is 1. The third-order valence-electron chi connectivity index (χ3n) is 3.34. The second kappa shape index (κ2) is 3.66. The molecule has 2 atom stereocenters. The van der Waals surface area contributed by atoms with E-state index in [0.29, 0.717) is 12.3 Å². The van der Waals surface area contributed by atoms with Crippen molar-refractivity contribution in [2.75, 3.05) is 7.11 Å². The number of rotatable bonds is 3. The molecule has 1 saturated carbocycles. The smallest absolute Gasteiger partial charge is 0.305 e. The first-order valence-corrected chi connectivity index (χ1v) is 4.73. The lowest BCUT2D eigenvalue weighted by atomic mass is 9.59. The van der Waals surface area contributed by atoms with Crippen LogP contribution in [-0.4, -0.2) is 24.3 Å². The van der Waals surface area contributed by atoms with E-state index >= 15 is 0 Å². The van der Waals surface area contributed by atoms with E-state index < -0.39 is 0 Å². The summed E-state index contributed by atoms with van der Waals surface area (Å²) in [6.45, 7) is 4.09. The molecule has 1 aliphatic carbocycles. The molecule has 0 unspecified atom stereocenters. The van der Waals surface area contributed by atoms with E-state index in [0.717, 1.165) is 12.8 Å². The molecule has 76 valence electrons. The maximum Gasteiger partial charge on any atom is 0.305 e. The highest BCUT2D eigenvalue weighted by atomic mass is 16.5. The van der Waals surface area contributed by atoms with Gasteiger partial charge in [-0.1, -0.05) is 13.8 Å². The Bertz CT molecular complexity index is 198. The normalized spacial score (nSPS) is 30.8. The van der Waals surface area contributed by atoms with E-state index in [2.05, 4.69) is 4.74 Å². The van der Waals surface area contributed by atoms with Crippen LogP contribution in [0.3, 0.4) is 0 Å². The van der Waals surface area contributed by atoms with Crippen LogP contribution in [-0.2, 0) is 9.53 Å². The van der Waals surface area contributed by atoms with Crippen LogP contribution in [0.4, 0.5) is 0 Å². The first-order valence-electron chi connectivity index (χ1n) is 4.73. The van der Waals surface area contributed by atoms with Crippen molar-refractivity contribution in [3.8, 4) is 0 Å². The van der Waals surface area contributed by atoms with Crippen LogP contribution < -0.4 is 0 Å². The second-order valence-electron chi connectivity index (χ2n) is 4.38. The summed E-state index contributed by atoms with van der Waals surface area (Å²) in [4.78, 5) is 10.9. The van der Waals surface area contributed by atoms with Gasteiger partial charge in [0, 0.05) is 6.42 Å². The molecule has 0 aromatic heterocycles. The molecule has 3 nitrogen and oxygen atoms in total. The predicted molar refractivity (Wildman–Crippen MR) is 49.1 cm³/mol. The second-order valence-corrected chi connectivity index (χ2v) is 4.38. The highest BCUT2D eigenvalue weighted by Gasteiger charge is 2.46. The Labute approximate surface area is 79.1 Å². The number of esters is 1. The number of hydrogen-bond donors (Lipinski definition) is 1. The quantitative estimate of drug-likeness (QED) is 0.677. The largest absolute Gasteiger partial charge is 0.469 e. The van der Waals surface area contributed by atoms with E-state index in [1.165, 1.54) is 7.11 Å². The molecule has 1 fully saturated rings. The summed E-state index contributed by atoms with van der Waals surface area (Å²) in [5.41, 5.74) is -0.0198. The summed E-state index contributed by atoms with van der Waals surface area (Å²) in [5.74, 6) is 0.304. The van der Waals surface area contributed by atoms with Crippen molar-refractivity contribution in [3.63, 3.8) is 0 Å². The van der Waals surface area contributed by atoms with Crippen molar-refractivity contribution < 1.29 is 14.6 Å². The van der Waals surface area contributed by atoms with Gasteiger partial charge in [0.2, 0.25) is 0 Å². The molecule has 1 rings (SSSR count). The molecule has 3 heteroatoms. The average Bonchev–Trinajstić information content (AvgIpc) is 2.11. The van der Waals surface area contributed by atoms with Gasteiger partial charge in [-0.25, -0.2) is 0 Å². The fourth-order valence-electron chi connectivity index (χ4n) is 1.87. The summed E-state index contributed by atoms with van der Waals surface area (Å²) in [6.07, 6.45) is 1.92. The minimum atomic E-state index is -0.199. The Hall–Kier alpha value is -0.570. The Morgan fingerprint density at radius 2 is 2.23 bits per heavy atom. The zero-order chi connectivity index (χ0) is 10.1. The maximum absolute atomic E-state index is 10.9. The van der Waals surface area contributed by atoms with Gasteiger partial charge in [0.05, 0.1) is 13.2 Å².